The summed E-state index contributed by atoms with van der Waals surface area (Å²) >= 11 is 0. The van der Waals surface area contributed by atoms with Gasteiger partial charge in [-0.2, -0.15) is 0 Å². The van der Waals surface area contributed by atoms with Gasteiger partial charge in [0.05, 0.1) is 24.5 Å². The van der Waals surface area contributed by atoms with Crippen molar-refractivity contribution in [1.29, 1.82) is 0 Å². The molecule has 2 atom stereocenters. The van der Waals surface area contributed by atoms with Crippen LogP contribution in [-0.4, -0.2) is 47.5 Å². The van der Waals surface area contributed by atoms with Crippen LogP contribution in [0.2, 0.25) is 18.1 Å². The van der Waals surface area contributed by atoms with E-state index in [2.05, 4.69) is 92.5 Å². The summed E-state index contributed by atoms with van der Waals surface area (Å²) in [4.78, 5) is 13.0. The van der Waals surface area contributed by atoms with Crippen LogP contribution in [0.25, 0.3) is 0 Å². The predicted octanol–water partition coefficient (Wildman–Crippen LogP) is 7.75. The second-order valence-corrected chi connectivity index (χ2v) is 22.2. The average Bonchev–Trinajstić information content (AvgIpc) is 3.47. The van der Waals surface area contributed by atoms with Crippen LogP contribution < -0.4 is 20.1 Å². The van der Waals surface area contributed by atoms with Gasteiger partial charge in [0, 0.05) is 18.6 Å². The fraction of sp³-hybridized carbons (Fsp3) is 0.405. The fourth-order valence-corrected chi connectivity index (χ4v) is 8.22. The van der Waals surface area contributed by atoms with E-state index in [1.54, 1.807) is 0 Å². The topological polar surface area (TPSA) is 106 Å². The zero-order valence-corrected chi connectivity index (χ0v) is 33.5. The molecule has 0 radical (unpaired) electrons. The molecule has 0 saturated carbocycles. The molecule has 4 aromatic carbocycles. The maximum absolute atomic E-state index is 13.0. The molecule has 0 saturated heterocycles. The van der Waals surface area contributed by atoms with Crippen molar-refractivity contribution < 1.29 is 22.4 Å². The second-order valence-electron chi connectivity index (χ2n) is 15.7. The van der Waals surface area contributed by atoms with E-state index in [0.29, 0.717) is 31.0 Å². The summed E-state index contributed by atoms with van der Waals surface area (Å²) in [6, 6.07) is 32.3. The summed E-state index contributed by atoms with van der Waals surface area (Å²) < 4.78 is 40.6. The van der Waals surface area contributed by atoms with E-state index in [9.17, 15) is 13.2 Å². The van der Waals surface area contributed by atoms with Crippen molar-refractivity contribution in [3.63, 3.8) is 0 Å². The molecular formula is C42H55N3O5SSi. The highest BCUT2D eigenvalue weighted by atomic mass is 32.2. The number of hydrogen-bond acceptors (Lipinski definition) is 6. The van der Waals surface area contributed by atoms with Crippen molar-refractivity contribution in [2.75, 3.05) is 17.5 Å². The van der Waals surface area contributed by atoms with Crippen LogP contribution in [0, 0.1) is 0 Å². The highest BCUT2D eigenvalue weighted by Gasteiger charge is 2.39. The first-order valence-corrected chi connectivity index (χ1v) is 23.0. The smallest absolute Gasteiger partial charge is 0.229 e. The van der Waals surface area contributed by atoms with Gasteiger partial charge in [-0.25, -0.2) is 8.42 Å². The molecule has 10 heteroatoms. The Labute approximate surface area is 311 Å². The number of carbonyl (C=O) groups is 1. The zero-order valence-electron chi connectivity index (χ0n) is 31.7. The van der Waals surface area contributed by atoms with Crippen LogP contribution in [0.15, 0.2) is 97.1 Å². The number of amides is 1. The number of fused-ring (bicyclic) bond motifs is 1. The third kappa shape index (κ3) is 11.3. The van der Waals surface area contributed by atoms with Gasteiger partial charge in [0.25, 0.3) is 0 Å². The molecule has 0 fully saturated rings. The molecule has 0 aliphatic heterocycles. The van der Waals surface area contributed by atoms with E-state index in [1.807, 2.05) is 60.7 Å². The number of nitrogens with one attached hydrogen (secondary N) is 3. The lowest BCUT2D eigenvalue weighted by molar-refractivity contribution is -0.121. The molecule has 3 N–H and O–H groups in total. The van der Waals surface area contributed by atoms with E-state index in [1.165, 1.54) is 11.1 Å². The van der Waals surface area contributed by atoms with Crippen molar-refractivity contribution in [2.45, 2.75) is 96.3 Å². The molecule has 0 heterocycles. The van der Waals surface area contributed by atoms with E-state index in [4.69, 9.17) is 9.16 Å². The van der Waals surface area contributed by atoms with E-state index in [-0.39, 0.29) is 29.1 Å². The van der Waals surface area contributed by atoms with E-state index < -0.39 is 18.3 Å². The minimum Gasteiger partial charge on any atom is -0.487 e. The average molecular weight is 742 g/mol. The first kappa shape index (κ1) is 39.2. The van der Waals surface area contributed by atoms with Gasteiger partial charge >= 0.3 is 0 Å². The Morgan fingerprint density at radius 3 is 2.15 bits per heavy atom. The van der Waals surface area contributed by atoms with Crippen molar-refractivity contribution in [3.8, 4) is 5.75 Å². The highest BCUT2D eigenvalue weighted by molar-refractivity contribution is 7.92. The second kappa shape index (κ2) is 16.8. The van der Waals surface area contributed by atoms with Gasteiger partial charge < -0.3 is 19.8 Å². The largest absolute Gasteiger partial charge is 0.487 e. The van der Waals surface area contributed by atoms with Gasteiger partial charge in [-0.15, -0.1) is 0 Å². The Morgan fingerprint density at radius 1 is 0.865 bits per heavy atom. The highest BCUT2D eigenvalue weighted by Crippen LogP contribution is 2.41. The summed E-state index contributed by atoms with van der Waals surface area (Å²) in [6.45, 7) is 14.1. The minimum absolute atomic E-state index is 0.0298. The van der Waals surface area contributed by atoms with Crippen LogP contribution in [0.5, 0.6) is 5.75 Å². The number of hydrogen-bond donors (Lipinski definition) is 3. The Morgan fingerprint density at radius 2 is 1.50 bits per heavy atom. The molecule has 0 aromatic heterocycles. The minimum atomic E-state index is -3.58. The van der Waals surface area contributed by atoms with Gasteiger partial charge in [-0.1, -0.05) is 106 Å². The molecule has 4 aromatic rings. The lowest BCUT2D eigenvalue weighted by Gasteiger charge is -2.40. The zero-order chi connectivity index (χ0) is 37.5. The molecule has 8 nitrogen and oxygen atoms in total. The van der Waals surface area contributed by atoms with Crippen LogP contribution >= 0.6 is 0 Å². The molecule has 1 aliphatic carbocycles. The van der Waals surface area contributed by atoms with Crippen molar-refractivity contribution in [2.24, 2.45) is 0 Å². The third-order valence-corrected chi connectivity index (χ3v) is 15.2. The summed E-state index contributed by atoms with van der Waals surface area (Å²) in [5, 5.41) is 6.91. The Kier molecular flexibility index (Phi) is 12.7. The van der Waals surface area contributed by atoms with Crippen LogP contribution in [0.3, 0.4) is 0 Å². The predicted molar refractivity (Wildman–Crippen MR) is 214 cm³/mol. The maximum Gasteiger partial charge on any atom is 0.229 e. The molecule has 0 bridgehead atoms. The summed E-state index contributed by atoms with van der Waals surface area (Å²) in [5.74, 6) is 0.500. The first-order valence-electron chi connectivity index (χ1n) is 18.2. The van der Waals surface area contributed by atoms with Crippen molar-refractivity contribution in [3.05, 3.63) is 130 Å². The normalized spacial score (nSPS) is 14.8. The molecule has 1 amide bonds. The summed E-state index contributed by atoms with van der Waals surface area (Å²) in [6.07, 6.45) is 3.69. The third-order valence-electron chi connectivity index (χ3n) is 10.1. The van der Waals surface area contributed by atoms with Gasteiger partial charge in [-0.3, -0.25) is 9.52 Å². The molecular weight excluding hydrogens is 687 g/mol. The number of rotatable bonds is 16. The van der Waals surface area contributed by atoms with E-state index >= 15 is 0 Å². The van der Waals surface area contributed by atoms with Gasteiger partial charge in [0.2, 0.25) is 15.9 Å². The number of benzene rings is 4. The van der Waals surface area contributed by atoms with Crippen molar-refractivity contribution in [1.82, 2.24) is 10.6 Å². The van der Waals surface area contributed by atoms with Crippen LogP contribution in [0.1, 0.15) is 67.2 Å². The summed E-state index contributed by atoms with van der Waals surface area (Å²) in [7, 11) is -5.81. The lowest BCUT2D eigenvalue weighted by atomic mass is 10.0. The van der Waals surface area contributed by atoms with Gasteiger partial charge in [-0.05, 0) is 89.8 Å². The van der Waals surface area contributed by atoms with Crippen LogP contribution in [0.4, 0.5) is 5.69 Å². The van der Waals surface area contributed by atoms with E-state index in [0.717, 1.165) is 47.8 Å². The maximum atomic E-state index is 13.0. The number of ether oxygens (including phenoxy) is 1. The summed E-state index contributed by atoms with van der Waals surface area (Å²) in [5.41, 5.74) is 7.02. The SMILES string of the molecule is C[C@H](Cc1cccc(CC(=O)NC2Cc3ccccc3C2)c1)NC[C@@H](O[Si](C)(C)C(C)(C)C)c1ccc(OCc2ccccc2)c(NS(C)(=O)=O)c1. The molecule has 52 heavy (non-hydrogen) atoms. The van der Waals surface area contributed by atoms with Crippen LogP contribution in [-0.2, 0) is 51.5 Å². The molecule has 0 unspecified atom stereocenters. The van der Waals surface area contributed by atoms with Gasteiger partial charge in [0.15, 0.2) is 8.32 Å². The Bertz CT molecular complexity index is 1900. The monoisotopic (exact) mass is 741 g/mol. The fourth-order valence-electron chi connectivity index (χ4n) is 6.37. The first-order chi connectivity index (χ1) is 24.5. The number of carbonyl (C=O) groups excluding carboxylic acids is 1. The number of sulfonamides is 1. The quantitative estimate of drug-likeness (QED) is 0.102. The Hall–Kier alpha value is -3.96. The Balaban J connectivity index is 1.26. The molecule has 5 rings (SSSR count). The molecule has 0 spiro atoms. The van der Waals surface area contributed by atoms with Gasteiger partial charge in [0.1, 0.15) is 12.4 Å². The molecule has 278 valence electrons. The number of anilines is 1. The standard InChI is InChI=1S/C42H55N3O5SSi/c1-30(22-32-16-13-17-33(23-32)24-41(46)44-37-25-34-18-11-12-19-35(34)26-37)43-28-40(50-52(6,7)42(2,3)4)36-20-21-39(38(27-36)45-51(5,47)48)49-29-31-14-9-8-10-15-31/h8-21,23,27,30,37,40,43,45H,22,24-26,28-29H2,1-7H3,(H,44,46)/t30-,40-/m1/s1. The molecule has 1 aliphatic rings. The lowest BCUT2D eigenvalue weighted by Crippen LogP contribution is -2.44. The van der Waals surface area contributed by atoms with Crippen molar-refractivity contribution >= 4 is 29.9 Å².